The Hall–Kier alpha value is -1.71. The maximum absolute atomic E-state index is 11.3. The first-order valence-corrected chi connectivity index (χ1v) is 5.78. The molecule has 0 unspecified atom stereocenters. The number of rotatable bonds is 6. The van der Waals surface area contributed by atoms with Crippen molar-refractivity contribution in [2.75, 3.05) is 18.9 Å². The van der Waals surface area contributed by atoms with Gasteiger partial charge in [0.25, 0.3) is 0 Å². The standard InChI is InChI=1S/C13H19NO3/c1-3-4-8-16-12(15)9-17-11-7-5-6-10(2)13(11)14/h5-7H,3-4,8-9,14H2,1-2H3. The van der Waals surface area contributed by atoms with Crippen LogP contribution in [0.15, 0.2) is 18.2 Å². The molecule has 0 radical (unpaired) electrons. The van der Waals surface area contributed by atoms with Crippen molar-refractivity contribution in [3.8, 4) is 5.75 Å². The molecule has 2 N–H and O–H groups in total. The van der Waals surface area contributed by atoms with Crippen LogP contribution in [0.4, 0.5) is 5.69 Å². The van der Waals surface area contributed by atoms with Crippen LogP contribution in [0.5, 0.6) is 5.75 Å². The molecule has 0 aliphatic carbocycles. The molecule has 1 rings (SSSR count). The Morgan fingerprint density at radius 3 is 2.88 bits per heavy atom. The Labute approximate surface area is 102 Å². The van der Waals surface area contributed by atoms with Crippen molar-refractivity contribution in [2.45, 2.75) is 26.7 Å². The van der Waals surface area contributed by atoms with Gasteiger partial charge in [-0.3, -0.25) is 0 Å². The van der Waals surface area contributed by atoms with Crippen molar-refractivity contribution < 1.29 is 14.3 Å². The number of para-hydroxylation sites is 1. The SMILES string of the molecule is CCCCOC(=O)COc1cccc(C)c1N. The highest BCUT2D eigenvalue weighted by molar-refractivity contribution is 5.71. The van der Waals surface area contributed by atoms with Gasteiger partial charge < -0.3 is 15.2 Å². The van der Waals surface area contributed by atoms with Gasteiger partial charge in [-0.1, -0.05) is 25.5 Å². The first-order valence-electron chi connectivity index (χ1n) is 5.78. The largest absolute Gasteiger partial charge is 0.480 e. The van der Waals surface area contributed by atoms with E-state index in [2.05, 4.69) is 0 Å². The number of carbonyl (C=O) groups is 1. The molecule has 4 heteroatoms. The van der Waals surface area contributed by atoms with E-state index < -0.39 is 0 Å². The van der Waals surface area contributed by atoms with Gasteiger partial charge in [-0.15, -0.1) is 0 Å². The van der Waals surface area contributed by atoms with E-state index >= 15 is 0 Å². The maximum Gasteiger partial charge on any atom is 0.344 e. The Balaban J connectivity index is 2.39. The van der Waals surface area contributed by atoms with Gasteiger partial charge in [-0.2, -0.15) is 0 Å². The molecule has 0 fully saturated rings. The molecule has 0 amide bonds. The molecular formula is C13H19NO3. The van der Waals surface area contributed by atoms with Crippen molar-refractivity contribution in [3.05, 3.63) is 23.8 Å². The zero-order valence-electron chi connectivity index (χ0n) is 10.4. The lowest BCUT2D eigenvalue weighted by Crippen LogP contribution is -2.16. The highest BCUT2D eigenvalue weighted by Crippen LogP contribution is 2.24. The van der Waals surface area contributed by atoms with Gasteiger partial charge >= 0.3 is 5.97 Å². The zero-order chi connectivity index (χ0) is 12.7. The van der Waals surface area contributed by atoms with E-state index in [-0.39, 0.29) is 12.6 Å². The Morgan fingerprint density at radius 2 is 2.18 bits per heavy atom. The highest BCUT2D eigenvalue weighted by atomic mass is 16.6. The van der Waals surface area contributed by atoms with Crippen LogP contribution in [0.2, 0.25) is 0 Å². The van der Waals surface area contributed by atoms with Gasteiger partial charge in [0, 0.05) is 0 Å². The Bertz CT molecular complexity index is 377. The third-order valence-electron chi connectivity index (χ3n) is 2.39. The normalized spacial score (nSPS) is 10.0. The van der Waals surface area contributed by atoms with Gasteiger partial charge in [-0.05, 0) is 25.0 Å². The average molecular weight is 237 g/mol. The quantitative estimate of drug-likeness (QED) is 0.468. The summed E-state index contributed by atoms with van der Waals surface area (Å²) in [7, 11) is 0. The Kier molecular flexibility index (Phi) is 5.33. The van der Waals surface area contributed by atoms with E-state index in [1.54, 1.807) is 6.07 Å². The first-order chi connectivity index (χ1) is 8.15. The van der Waals surface area contributed by atoms with E-state index in [4.69, 9.17) is 15.2 Å². The van der Waals surface area contributed by atoms with Gasteiger partial charge in [-0.25, -0.2) is 4.79 Å². The van der Waals surface area contributed by atoms with Crippen LogP contribution in [-0.4, -0.2) is 19.2 Å². The van der Waals surface area contributed by atoms with E-state index in [1.807, 2.05) is 26.0 Å². The fourth-order valence-corrected chi connectivity index (χ4v) is 1.29. The van der Waals surface area contributed by atoms with Crippen molar-refractivity contribution in [2.24, 2.45) is 0 Å². The monoisotopic (exact) mass is 237 g/mol. The number of nitrogens with two attached hydrogens (primary N) is 1. The van der Waals surface area contributed by atoms with Crippen molar-refractivity contribution in [1.82, 2.24) is 0 Å². The number of benzene rings is 1. The van der Waals surface area contributed by atoms with Crippen LogP contribution in [0.1, 0.15) is 25.3 Å². The Morgan fingerprint density at radius 1 is 1.41 bits per heavy atom. The molecule has 0 aliphatic heterocycles. The molecule has 4 nitrogen and oxygen atoms in total. The molecule has 0 saturated carbocycles. The molecule has 0 spiro atoms. The van der Waals surface area contributed by atoms with Crippen LogP contribution < -0.4 is 10.5 Å². The number of hydrogen-bond acceptors (Lipinski definition) is 4. The lowest BCUT2D eigenvalue weighted by atomic mass is 10.2. The fraction of sp³-hybridized carbons (Fsp3) is 0.462. The molecule has 1 aromatic rings. The first kappa shape index (κ1) is 13.4. The number of unbranched alkanes of at least 4 members (excludes halogenated alkanes) is 1. The van der Waals surface area contributed by atoms with E-state index in [9.17, 15) is 4.79 Å². The summed E-state index contributed by atoms with van der Waals surface area (Å²) in [5.41, 5.74) is 7.31. The number of hydrogen-bond donors (Lipinski definition) is 1. The molecule has 0 aliphatic rings. The third-order valence-corrected chi connectivity index (χ3v) is 2.39. The average Bonchev–Trinajstić information content (AvgIpc) is 2.31. The van der Waals surface area contributed by atoms with Gasteiger partial charge in [0.15, 0.2) is 6.61 Å². The summed E-state index contributed by atoms with van der Waals surface area (Å²) < 4.78 is 10.3. The highest BCUT2D eigenvalue weighted by Gasteiger charge is 2.07. The number of nitrogen functional groups attached to an aromatic ring is 1. The summed E-state index contributed by atoms with van der Waals surface area (Å²) in [6.07, 6.45) is 1.87. The molecule has 0 bridgehead atoms. The summed E-state index contributed by atoms with van der Waals surface area (Å²) >= 11 is 0. The summed E-state index contributed by atoms with van der Waals surface area (Å²) in [5, 5.41) is 0. The molecule has 0 heterocycles. The second-order valence-electron chi connectivity index (χ2n) is 3.85. The van der Waals surface area contributed by atoms with Crippen LogP contribution in [0, 0.1) is 6.92 Å². The fourth-order valence-electron chi connectivity index (χ4n) is 1.29. The smallest absolute Gasteiger partial charge is 0.344 e. The molecule has 0 atom stereocenters. The van der Waals surface area contributed by atoms with Gasteiger partial charge in [0.05, 0.1) is 12.3 Å². The summed E-state index contributed by atoms with van der Waals surface area (Å²) in [6, 6.07) is 5.47. The van der Waals surface area contributed by atoms with Gasteiger partial charge in [0.2, 0.25) is 0 Å². The summed E-state index contributed by atoms with van der Waals surface area (Å²) in [6.45, 7) is 4.28. The number of anilines is 1. The van der Waals surface area contributed by atoms with Crippen molar-refractivity contribution >= 4 is 11.7 Å². The topological polar surface area (TPSA) is 61.5 Å². The third kappa shape index (κ3) is 4.34. The number of esters is 1. The number of ether oxygens (including phenoxy) is 2. The minimum atomic E-state index is -0.362. The number of carbonyl (C=O) groups excluding carboxylic acids is 1. The second kappa shape index (κ2) is 6.78. The van der Waals surface area contributed by atoms with Crippen LogP contribution in [-0.2, 0) is 9.53 Å². The van der Waals surface area contributed by atoms with Crippen LogP contribution >= 0.6 is 0 Å². The molecule has 17 heavy (non-hydrogen) atoms. The second-order valence-corrected chi connectivity index (χ2v) is 3.85. The summed E-state index contributed by atoms with van der Waals surface area (Å²) in [4.78, 5) is 11.3. The van der Waals surface area contributed by atoms with Crippen molar-refractivity contribution in [3.63, 3.8) is 0 Å². The number of aryl methyl sites for hydroxylation is 1. The van der Waals surface area contributed by atoms with E-state index in [0.717, 1.165) is 18.4 Å². The van der Waals surface area contributed by atoms with E-state index in [1.165, 1.54) is 0 Å². The molecular weight excluding hydrogens is 218 g/mol. The van der Waals surface area contributed by atoms with E-state index in [0.29, 0.717) is 18.0 Å². The van der Waals surface area contributed by atoms with Gasteiger partial charge in [0.1, 0.15) is 5.75 Å². The lowest BCUT2D eigenvalue weighted by molar-refractivity contribution is -0.146. The minimum Gasteiger partial charge on any atom is -0.480 e. The predicted octanol–water partition coefficient (Wildman–Crippen LogP) is 2.30. The summed E-state index contributed by atoms with van der Waals surface area (Å²) in [5.74, 6) is 0.164. The molecule has 0 aromatic heterocycles. The minimum absolute atomic E-state index is 0.0998. The lowest BCUT2D eigenvalue weighted by Gasteiger charge is -2.10. The van der Waals surface area contributed by atoms with Crippen molar-refractivity contribution in [1.29, 1.82) is 0 Å². The van der Waals surface area contributed by atoms with Crippen LogP contribution in [0.3, 0.4) is 0 Å². The van der Waals surface area contributed by atoms with Crippen LogP contribution in [0.25, 0.3) is 0 Å². The zero-order valence-corrected chi connectivity index (χ0v) is 10.4. The molecule has 1 aromatic carbocycles. The maximum atomic E-state index is 11.3. The molecule has 94 valence electrons. The molecule has 0 saturated heterocycles. The predicted molar refractivity (Wildman–Crippen MR) is 67.0 cm³/mol.